The number of hydrogen-bond acceptors (Lipinski definition) is 4. The number of methoxy groups -OCH3 is 1. The van der Waals surface area contributed by atoms with E-state index in [0.29, 0.717) is 11.7 Å². The van der Waals surface area contributed by atoms with Crippen molar-refractivity contribution in [3.63, 3.8) is 0 Å². The van der Waals surface area contributed by atoms with E-state index < -0.39 is 0 Å². The van der Waals surface area contributed by atoms with Crippen LogP contribution in [0, 0.1) is 0 Å². The first kappa shape index (κ1) is 12.7. The average molecular weight is 334 g/mol. The zero-order valence-electron chi connectivity index (χ0n) is 9.04. The lowest BCUT2D eigenvalue weighted by Crippen LogP contribution is -1.98. The number of nitrogens with one attached hydrogen (secondary N) is 1. The van der Waals surface area contributed by atoms with Crippen molar-refractivity contribution < 1.29 is 4.74 Å². The largest absolute Gasteiger partial charge is 0.497 e. The molecular weight excluding hydrogens is 324 g/mol. The minimum Gasteiger partial charge on any atom is -0.497 e. The first-order valence-electron chi connectivity index (χ1n) is 4.87. The maximum absolute atomic E-state index is 5.85. The van der Waals surface area contributed by atoms with E-state index in [1.165, 1.54) is 11.3 Å². The Morgan fingerprint density at radius 2 is 2.12 bits per heavy atom. The van der Waals surface area contributed by atoms with Crippen molar-refractivity contribution in [2.45, 2.75) is 6.54 Å². The highest BCUT2D eigenvalue weighted by Crippen LogP contribution is 2.31. The highest BCUT2D eigenvalue weighted by molar-refractivity contribution is 9.11. The van der Waals surface area contributed by atoms with Crippen LogP contribution in [-0.2, 0) is 6.54 Å². The Balaban J connectivity index is 1.97. The van der Waals surface area contributed by atoms with Crippen molar-refractivity contribution in [3.05, 3.63) is 38.8 Å². The molecule has 0 atom stereocenters. The van der Waals surface area contributed by atoms with Crippen LogP contribution in [0.4, 0.5) is 5.13 Å². The molecule has 1 heterocycles. The van der Waals surface area contributed by atoms with Gasteiger partial charge in [-0.15, -0.1) is 0 Å². The number of halogens is 2. The zero-order valence-corrected chi connectivity index (χ0v) is 12.2. The Hall–Kier alpha value is -0.780. The summed E-state index contributed by atoms with van der Waals surface area (Å²) in [6, 6.07) is 7.88. The van der Waals surface area contributed by atoms with Gasteiger partial charge < -0.3 is 10.1 Å². The molecule has 0 saturated carbocycles. The third-order valence-electron chi connectivity index (χ3n) is 2.15. The van der Waals surface area contributed by atoms with Crippen molar-refractivity contribution in [2.75, 3.05) is 12.4 Å². The Kier molecular flexibility index (Phi) is 4.25. The molecule has 0 aliphatic heterocycles. The van der Waals surface area contributed by atoms with Crippen molar-refractivity contribution in [1.29, 1.82) is 0 Å². The van der Waals surface area contributed by atoms with Crippen LogP contribution in [0.25, 0.3) is 0 Å². The lowest BCUT2D eigenvalue weighted by Gasteiger charge is -2.04. The summed E-state index contributed by atoms with van der Waals surface area (Å²) in [6.45, 7) is 0.709. The molecule has 0 unspecified atom stereocenters. The van der Waals surface area contributed by atoms with Crippen molar-refractivity contribution >= 4 is 44.0 Å². The third kappa shape index (κ3) is 3.34. The van der Waals surface area contributed by atoms with Crippen LogP contribution in [-0.4, -0.2) is 12.1 Å². The zero-order chi connectivity index (χ0) is 12.3. The molecule has 1 aromatic heterocycles. The van der Waals surface area contributed by atoms with E-state index in [1.807, 2.05) is 24.3 Å². The summed E-state index contributed by atoms with van der Waals surface area (Å²) < 4.78 is 5.94. The van der Waals surface area contributed by atoms with Crippen LogP contribution in [0.15, 0.2) is 28.1 Å². The fraction of sp³-hybridized carbons (Fsp3) is 0.182. The van der Waals surface area contributed by atoms with Gasteiger partial charge in [0.15, 0.2) is 10.3 Å². The molecule has 1 aromatic carbocycles. The Bertz CT molecular complexity index is 481. The molecule has 0 radical (unpaired) electrons. The first-order valence-corrected chi connectivity index (χ1v) is 6.86. The quantitative estimate of drug-likeness (QED) is 0.911. The van der Waals surface area contributed by atoms with Gasteiger partial charge in [-0.05, 0) is 33.6 Å². The summed E-state index contributed by atoms with van der Waals surface area (Å²) >= 11 is 10.7. The van der Waals surface area contributed by atoms with Crippen LogP contribution in [0.1, 0.15) is 5.56 Å². The molecule has 17 heavy (non-hydrogen) atoms. The summed E-state index contributed by atoms with van der Waals surface area (Å²) in [6.07, 6.45) is 0. The number of rotatable bonds is 4. The standard InChI is InChI=1S/C11H10BrClN2OS/c1-16-8-4-2-7(3-5-8)6-14-11-15-10(13)9(12)17-11/h2-5H,6H2,1H3,(H,14,15). The van der Waals surface area contributed by atoms with E-state index >= 15 is 0 Å². The summed E-state index contributed by atoms with van der Waals surface area (Å²) in [4.78, 5) is 4.16. The summed E-state index contributed by atoms with van der Waals surface area (Å²) in [5.41, 5.74) is 1.16. The monoisotopic (exact) mass is 332 g/mol. The van der Waals surface area contributed by atoms with Crippen molar-refractivity contribution in [2.24, 2.45) is 0 Å². The molecule has 6 heteroatoms. The van der Waals surface area contributed by atoms with Gasteiger partial charge in [-0.25, -0.2) is 4.98 Å². The Labute approximate surface area is 117 Å². The minimum absolute atomic E-state index is 0.493. The number of nitrogens with zero attached hydrogens (tertiary/aromatic N) is 1. The van der Waals surface area contributed by atoms with Gasteiger partial charge in [-0.3, -0.25) is 0 Å². The fourth-order valence-electron chi connectivity index (χ4n) is 1.28. The highest BCUT2D eigenvalue weighted by atomic mass is 79.9. The van der Waals surface area contributed by atoms with Gasteiger partial charge in [0.1, 0.15) is 9.54 Å². The molecule has 0 bridgehead atoms. The first-order chi connectivity index (χ1) is 8.19. The Morgan fingerprint density at radius 1 is 1.41 bits per heavy atom. The molecule has 2 rings (SSSR count). The van der Waals surface area contributed by atoms with E-state index in [-0.39, 0.29) is 0 Å². The molecule has 0 saturated heterocycles. The van der Waals surface area contributed by atoms with Crippen molar-refractivity contribution in [3.8, 4) is 5.75 Å². The second kappa shape index (κ2) is 5.71. The summed E-state index contributed by atoms with van der Waals surface area (Å²) in [5, 5.41) is 4.51. The number of hydrogen-bond donors (Lipinski definition) is 1. The smallest absolute Gasteiger partial charge is 0.185 e. The van der Waals surface area contributed by atoms with Crippen LogP contribution in [0.5, 0.6) is 5.75 Å². The lowest BCUT2D eigenvalue weighted by atomic mass is 10.2. The molecule has 1 N–H and O–H groups in total. The molecule has 0 amide bonds. The lowest BCUT2D eigenvalue weighted by molar-refractivity contribution is 0.414. The number of anilines is 1. The summed E-state index contributed by atoms with van der Waals surface area (Å²) in [7, 11) is 1.66. The summed E-state index contributed by atoms with van der Waals surface area (Å²) in [5.74, 6) is 0.855. The van der Waals surface area contributed by atoms with Crippen LogP contribution >= 0.6 is 38.9 Å². The SMILES string of the molecule is COc1ccc(CNc2nc(Cl)c(Br)s2)cc1. The second-order valence-electron chi connectivity index (χ2n) is 3.29. The number of thiazole rings is 1. The predicted octanol–water partition coefficient (Wildman–Crippen LogP) is 4.18. The molecule has 0 spiro atoms. The van der Waals surface area contributed by atoms with E-state index in [2.05, 4.69) is 26.2 Å². The number of ether oxygens (including phenoxy) is 1. The fourth-order valence-corrected chi connectivity index (χ4v) is 2.66. The van der Waals surface area contributed by atoms with E-state index in [4.69, 9.17) is 16.3 Å². The predicted molar refractivity (Wildman–Crippen MR) is 75.1 cm³/mol. The van der Waals surface area contributed by atoms with E-state index in [9.17, 15) is 0 Å². The highest BCUT2D eigenvalue weighted by Gasteiger charge is 2.05. The Morgan fingerprint density at radius 3 is 2.65 bits per heavy atom. The normalized spacial score (nSPS) is 10.3. The van der Waals surface area contributed by atoms with E-state index in [1.54, 1.807) is 7.11 Å². The van der Waals surface area contributed by atoms with Gasteiger partial charge in [0.25, 0.3) is 0 Å². The van der Waals surface area contributed by atoms with Gasteiger partial charge in [-0.2, -0.15) is 0 Å². The molecule has 2 aromatic rings. The van der Waals surface area contributed by atoms with Crippen LogP contribution in [0.2, 0.25) is 5.15 Å². The average Bonchev–Trinajstić information content (AvgIpc) is 2.67. The molecular formula is C11H10BrClN2OS. The van der Waals surface area contributed by atoms with Gasteiger partial charge in [-0.1, -0.05) is 35.1 Å². The maximum Gasteiger partial charge on any atom is 0.185 e. The van der Waals surface area contributed by atoms with Gasteiger partial charge >= 0.3 is 0 Å². The van der Waals surface area contributed by atoms with Crippen LogP contribution < -0.4 is 10.1 Å². The number of benzene rings is 1. The van der Waals surface area contributed by atoms with E-state index in [0.717, 1.165) is 20.2 Å². The molecule has 3 nitrogen and oxygen atoms in total. The van der Waals surface area contributed by atoms with Gasteiger partial charge in [0.2, 0.25) is 0 Å². The topological polar surface area (TPSA) is 34.1 Å². The minimum atomic E-state index is 0.493. The molecule has 90 valence electrons. The van der Waals surface area contributed by atoms with Crippen LogP contribution in [0.3, 0.4) is 0 Å². The molecule has 0 aliphatic carbocycles. The van der Waals surface area contributed by atoms with Crippen molar-refractivity contribution in [1.82, 2.24) is 4.98 Å². The molecule has 0 aliphatic rings. The second-order valence-corrected chi connectivity index (χ2v) is 5.96. The number of aromatic nitrogens is 1. The van der Waals surface area contributed by atoms with Gasteiger partial charge in [0.05, 0.1) is 7.11 Å². The van der Waals surface area contributed by atoms with Gasteiger partial charge in [0, 0.05) is 6.54 Å². The third-order valence-corrected chi connectivity index (χ3v) is 4.43. The maximum atomic E-state index is 5.85. The molecule has 0 fully saturated rings.